The van der Waals surface area contributed by atoms with Crippen molar-refractivity contribution in [1.29, 1.82) is 0 Å². The summed E-state index contributed by atoms with van der Waals surface area (Å²) in [7, 11) is 4.12. The smallest absolute Gasteiger partial charge is 0.317 e. The van der Waals surface area contributed by atoms with E-state index in [4.69, 9.17) is 0 Å². The lowest BCUT2D eigenvalue weighted by atomic mass is 10.2. The van der Waals surface area contributed by atoms with E-state index in [-0.39, 0.29) is 6.03 Å². The van der Waals surface area contributed by atoms with Crippen molar-refractivity contribution in [2.75, 3.05) is 53.4 Å². The standard InChI is InChI=1S/C15H30N4O/c1-17(2)9-5-8-16-15(20)19-12-10-18(11-13-19)14-6-3-4-7-14/h14H,3-13H2,1-2H3,(H,16,20). The Balaban J connectivity index is 1.61. The molecular weight excluding hydrogens is 252 g/mol. The molecule has 5 heteroatoms. The van der Waals surface area contributed by atoms with E-state index in [0.717, 1.165) is 51.7 Å². The van der Waals surface area contributed by atoms with Crippen molar-refractivity contribution in [3.05, 3.63) is 0 Å². The number of carbonyl (C=O) groups excluding carboxylic acids is 1. The van der Waals surface area contributed by atoms with Gasteiger partial charge in [-0.25, -0.2) is 4.79 Å². The number of amides is 2. The van der Waals surface area contributed by atoms with Crippen LogP contribution in [0.1, 0.15) is 32.1 Å². The Morgan fingerprint density at radius 2 is 1.80 bits per heavy atom. The van der Waals surface area contributed by atoms with Crippen molar-refractivity contribution in [3.8, 4) is 0 Å². The normalized spacial score (nSPS) is 21.6. The highest BCUT2D eigenvalue weighted by atomic mass is 16.2. The quantitative estimate of drug-likeness (QED) is 0.770. The molecule has 2 aliphatic rings. The maximum Gasteiger partial charge on any atom is 0.317 e. The minimum Gasteiger partial charge on any atom is -0.338 e. The van der Waals surface area contributed by atoms with Gasteiger partial charge in [-0.1, -0.05) is 12.8 Å². The summed E-state index contributed by atoms with van der Waals surface area (Å²) < 4.78 is 0. The zero-order valence-electron chi connectivity index (χ0n) is 13.1. The van der Waals surface area contributed by atoms with E-state index in [0.29, 0.717) is 0 Å². The lowest BCUT2D eigenvalue weighted by Gasteiger charge is -2.38. The average molecular weight is 282 g/mol. The molecule has 1 heterocycles. The Hall–Kier alpha value is -0.810. The second-order valence-corrected chi connectivity index (χ2v) is 6.35. The molecule has 0 bridgehead atoms. The highest BCUT2D eigenvalue weighted by molar-refractivity contribution is 5.74. The van der Waals surface area contributed by atoms with Gasteiger partial charge in [0.25, 0.3) is 0 Å². The van der Waals surface area contributed by atoms with Gasteiger partial charge in [0.1, 0.15) is 0 Å². The third-order valence-corrected chi connectivity index (χ3v) is 4.50. The maximum atomic E-state index is 12.1. The molecule has 2 fully saturated rings. The Kier molecular flexibility index (Phi) is 6.10. The third kappa shape index (κ3) is 4.63. The van der Waals surface area contributed by atoms with E-state index in [1.165, 1.54) is 25.7 Å². The molecule has 1 aliphatic heterocycles. The first-order valence-electron chi connectivity index (χ1n) is 8.08. The predicted molar refractivity (Wildman–Crippen MR) is 82.0 cm³/mol. The fourth-order valence-corrected chi connectivity index (χ4v) is 3.26. The van der Waals surface area contributed by atoms with E-state index in [1.54, 1.807) is 0 Å². The zero-order chi connectivity index (χ0) is 14.4. The molecule has 116 valence electrons. The summed E-state index contributed by atoms with van der Waals surface area (Å²) in [6, 6.07) is 0.912. The largest absolute Gasteiger partial charge is 0.338 e. The first-order valence-corrected chi connectivity index (χ1v) is 8.08. The average Bonchev–Trinajstić information content (AvgIpc) is 2.97. The molecule has 20 heavy (non-hydrogen) atoms. The van der Waals surface area contributed by atoms with Gasteiger partial charge >= 0.3 is 6.03 Å². The van der Waals surface area contributed by atoms with Gasteiger partial charge in [-0.05, 0) is 39.9 Å². The predicted octanol–water partition coefficient (Wildman–Crippen LogP) is 1.21. The highest BCUT2D eigenvalue weighted by Gasteiger charge is 2.27. The summed E-state index contributed by atoms with van der Waals surface area (Å²) in [4.78, 5) is 18.8. The fourth-order valence-electron chi connectivity index (χ4n) is 3.26. The van der Waals surface area contributed by atoms with Crippen LogP contribution in [0.15, 0.2) is 0 Å². The molecule has 1 aliphatic carbocycles. The minimum absolute atomic E-state index is 0.120. The van der Waals surface area contributed by atoms with Crippen LogP contribution in [-0.2, 0) is 0 Å². The molecule has 2 amide bonds. The van der Waals surface area contributed by atoms with E-state index in [2.05, 4.69) is 29.2 Å². The van der Waals surface area contributed by atoms with Crippen LogP contribution in [0.3, 0.4) is 0 Å². The number of nitrogens with one attached hydrogen (secondary N) is 1. The van der Waals surface area contributed by atoms with E-state index < -0.39 is 0 Å². The number of urea groups is 1. The van der Waals surface area contributed by atoms with Crippen molar-refractivity contribution >= 4 is 6.03 Å². The lowest BCUT2D eigenvalue weighted by molar-refractivity contribution is 0.109. The summed E-state index contributed by atoms with van der Waals surface area (Å²) in [5, 5.41) is 3.03. The first-order chi connectivity index (χ1) is 9.66. The summed E-state index contributed by atoms with van der Waals surface area (Å²) in [5.41, 5.74) is 0. The Bertz CT molecular complexity index is 294. The van der Waals surface area contributed by atoms with Crippen LogP contribution in [0.4, 0.5) is 4.79 Å². The number of piperazine rings is 1. The summed E-state index contributed by atoms with van der Waals surface area (Å²) in [6.07, 6.45) is 6.50. The molecule has 1 saturated carbocycles. The van der Waals surface area contributed by atoms with Crippen molar-refractivity contribution in [3.63, 3.8) is 0 Å². The number of carbonyl (C=O) groups is 1. The third-order valence-electron chi connectivity index (χ3n) is 4.50. The van der Waals surface area contributed by atoms with Crippen LogP contribution >= 0.6 is 0 Å². The Labute approximate surface area is 123 Å². The number of hydrogen-bond acceptors (Lipinski definition) is 3. The van der Waals surface area contributed by atoms with Crippen LogP contribution in [0, 0.1) is 0 Å². The van der Waals surface area contributed by atoms with Crippen LogP contribution in [-0.4, -0.2) is 80.1 Å². The lowest BCUT2D eigenvalue weighted by Crippen LogP contribution is -2.53. The van der Waals surface area contributed by atoms with Gasteiger partial charge in [0.05, 0.1) is 0 Å². The van der Waals surface area contributed by atoms with Crippen molar-refractivity contribution in [2.45, 2.75) is 38.1 Å². The van der Waals surface area contributed by atoms with Crippen molar-refractivity contribution in [1.82, 2.24) is 20.0 Å². The molecule has 0 unspecified atom stereocenters. The molecule has 1 N–H and O–H groups in total. The van der Waals surface area contributed by atoms with Gasteiger partial charge in [-0.2, -0.15) is 0 Å². The second-order valence-electron chi connectivity index (χ2n) is 6.35. The van der Waals surface area contributed by atoms with Crippen molar-refractivity contribution < 1.29 is 4.79 Å². The van der Waals surface area contributed by atoms with Crippen LogP contribution in [0.2, 0.25) is 0 Å². The van der Waals surface area contributed by atoms with Crippen molar-refractivity contribution in [2.24, 2.45) is 0 Å². The van der Waals surface area contributed by atoms with E-state index >= 15 is 0 Å². The fraction of sp³-hybridized carbons (Fsp3) is 0.933. The van der Waals surface area contributed by atoms with Gasteiger partial charge in [-0.15, -0.1) is 0 Å². The van der Waals surface area contributed by atoms with Gasteiger partial charge in [0.15, 0.2) is 0 Å². The Morgan fingerprint density at radius 1 is 1.15 bits per heavy atom. The topological polar surface area (TPSA) is 38.8 Å². The second kappa shape index (κ2) is 7.84. The molecule has 0 aromatic rings. The molecule has 0 aromatic heterocycles. The van der Waals surface area contributed by atoms with Gasteiger partial charge in [0.2, 0.25) is 0 Å². The van der Waals surface area contributed by atoms with Gasteiger partial charge < -0.3 is 15.1 Å². The molecule has 1 saturated heterocycles. The molecule has 0 radical (unpaired) electrons. The van der Waals surface area contributed by atoms with E-state index in [9.17, 15) is 4.79 Å². The highest BCUT2D eigenvalue weighted by Crippen LogP contribution is 2.24. The Morgan fingerprint density at radius 3 is 2.40 bits per heavy atom. The minimum atomic E-state index is 0.120. The maximum absolute atomic E-state index is 12.1. The van der Waals surface area contributed by atoms with Crippen LogP contribution in [0.5, 0.6) is 0 Å². The molecule has 0 atom stereocenters. The number of rotatable bonds is 5. The molecule has 0 aromatic carbocycles. The number of hydrogen-bond donors (Lipinski definition) is 1. The van der Waals surface area contributed by atoms with Gasteiger partial charge in [0, 0.05) is 38.8 Å². The summed E-state index contributed by atoms with van der Waals surface area (Å²) in [5.74, 6) is 0. The molecule has 5 nitrogen and oxygen atoms in total. The molecule has 2 rings (SSSR count). The van der Waals surface area contributed by atoms with Crippen LogP contribution < -0.4 is 5.32 Å². The molecule has 0 spiro atoms. The van der Waals surface area contributed by atoms with Gasteiger partial charge in [-0.3, -0.25) is 4.90 Å². The summed E-state index contributed by atoms with van der Waals surface area (Å²) >= 11 is 0. The number of nitrogens with zero attached hydrogens (tertiary/aromatic N) is 3. The molecular formula is C15H30N4O. The zero-order valence-corrected chi connectivity index (χ0v) is 13.1. The summed E-state index contributed by atoms with van der Waals surface area (Å²) in [6.45, 7) is 5.67. The first kappa shape index (κ1) is 15.6. The van der Waals surface area contributed by atoms with Crippen LogP contribution in [0.25, 0.3) is 0 Å². The van der Waals surface area contributed by atoms with E-state index in [1.807, 2.05) is 4.90 Å². The SMILES string of the molecule is CN(C)CCCNC(=O)N1CCN(C2CCCC2)CC1. The monoisotopic (exact) mass is 282 g/mol.